The quantitative estimate of drug-likeness (QED) is 0.841. The molecule has 0 bridgehead atoms. The second-order valence-electron chi connectivity index (χ2n) is 5.05. The van der Waals surface area contributed by atoms with Crippen molar-refractivity contribution < 1.29 is 9.90 Å². The van der Waals surface area contributed by atoms with Crippen molar-refractivity contribution >= 4 is 11.8 Å². The fourth-order valence-electron chi connectivity index (χ4n) is 1.40. The van der Waals surface area contributed by atoms with Gasteiger partial charge < -0.3 is 10.4 Å². The Kier molecular flexibility index (Phi) is 4.64. The number of anilines is 1. The minimum Gasteiger partial charge on any atom is -0.480 e. The van der Waals surface area contributed by atoms with E-state index in [1.165, 1.54) is 0 Å². The molecule has 2 N–H and O–H groups in total. The average molecular weight is 251 g/mol. The zero-order valence-electron chi connectivity index (χ0n) is 11.6. The van der Waals surface area contributed by atoms with Gasteiger partial charge in [-0.1, -0.05) is 27.7 Å². The van der Waals surface area contributed by atoms with Crippen LogP contribution >= 0.6 is 0 Å². The highest BCUT2D eigenvalue weighted by atomic mass is 16.4. The molecule has 0 spiro atoms. The van der Waals surface area contributed by atoms with Gasteiger partial charge in [0.2, 0.25) is 0 Å². The van der Waals surface area contributed by atoms with Crippen LogP contribution in [-0.4, -0.2) is 27.1 Å². The molecular weight excluding hydrogens is 230 g/mol. The third-order valence-electron chi connectivity index (χ3n) is 2.61. The van der Waals surface area contributed by atoms with Crippen molar-refractivity contribution in [3.05, 3.63) is 17.6 Å². The van der Waals surface area contributed by atoms with E-state index in [9.17, 15) is 4.79 Å². The van der Waals surface area contributed by atoms with Crippen molar-refractivity contribution in [2.24, 2.45) is 0 Å². The van der Waals surface area contributed by atoms with Gasteiger partial charge in [0.15, 0.2) is 0 Å². The summed E-state index contributed by atoms with van der Waals surface area (Å²) in [6, 6.07) is 1.15. The maximum absolute atomic E-state index is 10.8. The Labute approximate surface area is 108 Å². The zero-order valence-corrected chi connectivity index (χ0v) is 11.6. The van der Waals surface area contributed by atoms with Crippen LogP contribution in [0.1, 0.15) is 58.0 Å². The number of aromatic nitrogens is 2. The summed E-state index contributed by atoms with van der Waals surface area (Å²) in [5.41, 5.74) is 0.925. The van der Waals surface area contributed by atoms with E-state index >= 15 is 0 Å². The first-order chi connectivity index (χ1) is 8.31. The third-order valence-corrected chi connectivity index (χ3v) is 2.61. The summed E-state index contributed by atoms with van der Waals surface area (Å²) in [5, 5.41) is 11.8. The molecule has 1 aromatic rings. The van der Waals surface area contributed by atoms with Gasteiger partial charge in [0.1, 0.15) is 17.7 Å². The fraction of sp³-hybridized carbons (Fsp3) is 0.615. The third kappa shape index (κ3) is 3.68. The molecule has 5 heteroatoms. The molecule has 100 valence electrons. The molecule has 1 rings (SSSR count). The SMILES string of the molecule is CC(C)c1cc(N[C@@H](C)C(=O)O)nc(C(C)C)n1. The van der Waals surface area contributed by atoms with Crippen molar-refractivity contribution in [3.8, 4) is 0 Å². The van der Waals surface area contributed by atoms with Crippen LogP contribution in [0.5, 0.6) is 0 Å². The lowest BCUT2D eigenvalue weighted by atomic mass is 10.1. The fourth-order valence-corrected chi connectivity index (χ4v) is 1.40. The normalized spacial score (nSPS) is 12.8. The molecule has 0 fully saturated rings. The number of aliphatic carboxylic acids is 1. The van der Waals surface area contributed by atoms with Gasteiger partial charge in [-0.2, -0.15) is 0 Å². The predicted octanol–water partition coefficient (Wildman–Crippen LogP) is 2.61. The Bertz CT molecular complexity index is 404. The summed E-state index contributed by atoms with van der Waals surface area (Å²) in [7, 11) is 0. The number of carbonyl (C=O) groups is 1. The monoisotopic (exact) mass is 251 g/mol. The Balaban J connectivity index is 3.07. The standard InChI is InChI=1S/C13H21N3O2/c1-7(2)10-6-11(14-9(5)13(17)18)16-12(15-10)8(3)4/h6-9H,1-5H3,(H,17,18)(H,14,15,16)/t9-/m0/s1. The van der Waals surface area contributed by atoms with Gasteiger partial charge in [0, 0.05) is 17.7 Å². The zero-order chi connectivity index (χ0) is 13.9. The van der Waals surface area contributed by atoms with Crippen LogP contribution in [0.25, 0.3) is 0 Å². The molecule has 0 radical (unpaired) electrons. The number of carboxylic acids is 1. The van der Waals surface area contributed by atoms with Gasteiger partial charge in [-0.15, -0.1) is 0 Å². The average Bonchev–Trinajstić information content (AvgIpc) is 2.28. The molecule has 0 aromatic carbocycles. The molecule has 5 nitrogen and oxygen atoms in total. The van der Waals surface area contributed by atoms with E-state index in [2.05, 4.69) is 29.1 Å². The summed E-state index contributed by atoms with van der Waals surface area (Å²) < 4.78 is 0. The van der Waals surface area contributed by atoms with Gasteiger partial charge in [-0.25, -0.2) is 9.97 Å². The molecule has 0 aliphatic rings. The highest BCUT2D eigenvalue weighted by Crippen LogP contribution is 2.19. The van der Waals surface area contributed by atoms with Gasteiger partial charge in [0.25, 0.3) is 0 Å². The van der Waals surface area contributed by atoms with E-state index in [-0.39, 0.29) is 11.8 Å². The summed E-state index contributed by atoms with van der Waals surface area (Å²) in [5.74, 6) is 0.912. The molecule has 18 heavy (non-hydrogen) atoms. The van der Waals surface area contributed by atoms with E-state index in [0.29, 0.717) is 5.82 Å². The molecule has 0 saturated carbocycles. The second-order valence-corrected chi connectivity index (χ2v) is 5.05. The largest absolute Gasteiger partial charge is 0.480 e. The summed E-state index contributed by atoms with van der Waals surface area (Å²) >= 11 is 0. The molecule has 1 heterocycles. The van der Waals surface area contributed by atoms with Crippen LogP contribution in [0.2, 0.25) is 0 Å². The molecular formula is C13H21N3O2. The lowest BCUT2D eigenvalue weighted by Gasteiger charge is -2.15. The first kappa shape index (κ1) is 14.4. The molecule has 1 aromatic heterocycles. The van der Waals surface area contributed by atoms with E-state index < -0.39 is 12.0 Å². The van der Waals surface area contributed by atoms with Crippen LogP contribution in [0.15, 0.2) is 6.07 Å². The minimum absolute atomic E-state index is 0.212. The van der Waals surface area contributed by atoms with Crippen LogP contribution in [0, 0.1) is 0 Å². The highest BCUT2D eigenvalue weighted by molar-refractivity contribution is 5.76. The number of carboxylic acid groups (broad SMARTS) is 1. The van der Waals surface area contributed by atoms with E-state index in [1.807, 2.05) is 19.9 Å². The number of nitrogens with one attached hydrogen (secondary N) is 1. The lowest BCUT2D eigenvalue weighted by molar-refractivity contribution is -0.137. The number of hydrogen-bond donors (Lipinski definition) is 2. The van der Waals surface area contributed by atoms with E-state index in [0.717, 1.165) is 11.5 Å². The van der Waals surface area contributed by atoms with Crippen LogP contribution in [0.3, 0.4) is 0 Å². The van der Waals surface area contributed by atoms with Crippen molar-refractivity contribution in [1.29, 1.82) is 0 Å². The summed E-state index contributed by atoms with van der Waals surface area (Å²) in [6.45, 7) is 9.73. The Morgan fingerprint density at radius 2 is 1.78 bits per heavy atom. The van der Waals surface area contributed by atoms with Crippen molar-refractivity contribution in [1.82, 2.24) is 9.97 Å². The smallest absolute Gasteiger partial charge is 0.325 e. The lowest BCUT2D eigenvalue weighted by Crippen LogP contribution is -2.26. The number of rotatable bonds is 5. The molecule has 0 unspecified atom stereocenters. The minimum atomic E-state index is -0.897. The van der Waals surface area contributed by atoms with Crippen LogP contribution < -0.4 is 5.32 Å². The number of nitrogens with zero attached hydrogens (tertiary/aromatic N) is 2. The Morgan fingerprint density at radius 1 is 1.17 bits per heavy atom. The van der Waals surface area contributed by atoms with E-state index in [1.54, 1.807) is 6.92 Å². The van der Waals surface area contributed by atoms with Crippen LogP contribution in [0.4, 0.5) is 5.82 Å². The van der Waals surface area contributed by atoms with Crippen molar-refractivity contribution in [2.45, 2.75) is 52.5 Å². The molecule has 0 saturated heterocycles. The predicted molar refractivity (Wildman–Crippen MR) is 70.9 cm³/mol. The molecule has 0 aliphatic heterocycles. The molecule has 0 aliphatic carbocycles. The van der Waals surface area contributed by atoms with Gasteiger partial charge in [-0.3, -0.25) is 4.79 Å². The Hall–Kier alpha value is -1.65. The van der Waals surface area contributed by atoms with Crippen LogP contribution in [-0.2, 0) is 4.79 Å². The molecule has 0 amide bonds. The van der Waals surface area contributed by atoms with Gasteiger partial charge >= 0.3 is 5.97 Å². The van der Waals surface area contributed by atoms with Crippen molar-refractivity contribution in [2.75, 3.05) is 5.32 Å². The highest BCUT2D eigenvalue weighted by Gasteiger charge is 2.14. The molecule has 1 atom stereocenters. The summed E-state index contributed by atoms with van der Waals surface area (Å²) in [4.78, 5) is 19.7. The maximum atomic E-state index is 10.8. The number of hydrogen-bond acceptors (Lipinski definition) is 4. The van der Waals surface area contributed by atoms with Gasteiger partial charge in [-0.05, 0) is 12.8 Å². The summed E-state index contributed by atoms with van der Waals surface area (Å²) in [6.07, 6.45) is 0. The van der Waals surface area contributed by atoms with Crippen molar-refractivity contribution in [3.63, 3.8) is 0 Å². The maximum Gasteiger partial charge on any atom is 0.325 e. The first-order valence-corrected chi connectivity index (χ1v) is 6.19. The second kappa shape index (κ2) is 5.80. The van der Waals surface area contributed by atoms with Gasteiger partial charge in [0.05, 0.1) is 0 Å². The topological polar surface area (TPSA) is 75.1 Å². The first-order valence-electron chi connectivity index (χ1n) is 6.19. The van der Waals surface area contributed by atoms with E-state index in [4.69, 9.17) is 5.11 Å². The Morgan fingerprint density at radius 3 is 2.22 bits per heavy atom.